The summed E-state index contributed by atoms with van der Waals surface area (Å²) >= 11 is 3.37. The van der Waals surface area contributed by atoms with E-state index in [9.17, 15) is 0 Å². The molecule has 1 heterocycles. The molecular weight excluding hydrogens is 304 g/mol. The topological polar surface area (TPSA) is 48.1 Å². The average molecular weight is 321 g/mol. The van der Waals surface area contributed by atoms with Gasteiger partial charge in [-0.15, -0.1) is 0 Å². The highest BCUT2D eigenvalue weighted by molar-refractivity contribution is 9.10. The van der Waals surface area contributed by atoms with Crippen LogP contribution in [-0.2, 0) is 6.42 Å². The lowest BCUT2D eigenvalue weighted by Gasteiger charge is -2.12. The zero-order valence-corrected chi connectivity index (χ0v) is 12.2. The molecule has 2 rings (SSSR count). The van der Waals surface area contributed by atoms with E-state index in [1.165, 1.54) is 0 Å². The van der Waals surface area contributed by atoms with Gasteiger partial charge in [0, 0.05) is 28.8 Å². The first-order chi connectivity index (χ1) is 9.24. The Morgan fingerprint density at radius 2 is 1.95 bits per heavy atom. The molecular formula is C15H17BrN2O. The van der Waals surface area contributed by atoms with E-state index in [0.717, 1.165) is 28.8 Å². The third kappa shape index (κ3) is 5.01. The average Bonchev–Trinajstić information content (AvgIpc) is 2.43. The van der Waals surface area contributed by atoms with Crippen LogP contribution < -0.4 is 10.5 Å². The molecule has 1 unspecified atom stereocenters. The van der Waals surface area contributed by atoms with Crippen molar-refractivity contribution in [3.05, 3.63) is 58.8 Å². The van der Waals surface area contributed by atoms with Crippen LogP contribution in [0, 0.1) is 0 Å². The van der Waals surface area contributed by atoms with E-state index in [-0.39, 0.29) is 6.04 Å². The van der Waals surface area contributed by atoms with Gasteiger partial charge < -0.3 is 10.5 Å². The molecule has 3 nitrogen and oxygen atoms in total. The van der Waals surface area contributed by atoms with Crippen LogP contribution in [0.15, 0.2) is 53.1 Å². The minimum Gasteiger partial charge on any atom is -0.494 e. The second kappa shape index (κ2) is 7.26. The summed E-state index contributed by atoms with van der Waals surface area (Å²) in [7, 11) is 0. The van der Waals surface area contributed by atoms with Gasteiger partial charge in [-0.25, -0.2) is 0 Å². The Morgan fingerprint density at radius 1 is 1.16 bits per heavy atom. The van der Waals surface area contributed by atoms with Crippen LogP contribution in [0.25, 0.3) is 0 Å². The van der Waals surface area contributed by atoms with Crippen LogP contribution in [-0.4, -0.2) is 17.6 Å². The maximum atomic E-state index is 6.08. The van der Waals surface area contributed by atoms with Crippen molar-refractivity contribution in [1.82, 2.24) is 4.98 Å². The summed E-state index contributed by atoms with van der Waals surface area (Å²) in [4.78, 5) is 4.32. The number of rotatable bonds is 6. The van der Waals surface area contributed by atoms with Gasteiger partial charge in [0.1, 0.15) is 5.75 Å². The maximum absolute atomic E-state index is 6.08. The van der Waals surface area contributed by atoms with Gasteiger partial charge in [0.15, 0.2) is 0 Å². The highest BCUT2D eigenvalue weighted by Gasteiger charge is 2.05. The smallest absolute Gasteiger partial charge is 0.119 e. The quantitative estimate of drug-likeness (QED) is 0.889. The van der Waals surface area contributed by atoms with Crippen molar-refractivity contribution in [3.8, 4) is 5.75 Å². The van der Waals surface area contributed by atoms with Gasteiger partial charge in [-0.1, -0.05) is 18.2 Å². The molecule has 1 aromatic carbocycles. The van der Waals surface area contributed by atoms with E-state index < -0.39 is 0 Å². The number of ether oxygens (including phenoxy) is 1. The van der Waals surface area contributed by atoms with Gasteiger partial charge in [-0.3, -0.25) is 4.98 Å². The zero-order valence-electron chi connectivity index (χ0n) is 10.6. The Hall–Kier alpha value is -1.39. The molecule has 0 amide bonds. The van der Waals surface area contributed by atoms with Crippen molar-refractivity contribution in [2.24, 2.45) is 5.73 Å². The van der Waals surface area contributed by atoms with Crippen LogP contribution in [0.5, 0.6) is 5.75 Å². The van der Waals surface area contributed by atoms with E-state index in [1.54, 1.807) is 6.20 Å². The molecule has 0 fully saturated rings. The van der Waals surface area contributed by atoms with Gasteiger partial charge in [0.2, 0.25) is 0 Å². The number of benzene rings is 1. The van der Waals surface area contributed by atoms with Crippen molar-refractivity contribution in [2.75, 3.05) is 6.61 Å². The van der Waals surface area contributed by atoms with Gasteiger partial charge in [0.25, 0.3) is 0 Å². The molecule has 0 aliphatic heterocycles. The minimum atomic E-state index is 0.0670. The Balaban J connectivity index is 1.73. The molecule has 0 aliphatic rings. The number of aromatic nitrogens is 1. The minimum absolute atomic E-state index is 0.0670. The predicted octanol–water partition coefficient (Wildman–Crippen LogP) is 3.18. The van der Waals surface area contributed by atoms with Crippen molar-refractivity contribution in [1.29, 1.82) is 0 Å². The molecule has 4 heteroatoms. The van der Waals surface area contributed by atoms with Crippen LogP contribution in [0.1, 0.15) is 12.1 Å². The lowest BCUT2D eigenvalue weighted by atomic mass is 10.1. The van der Waals surface area contributed by atoms with E-state index in [4.69, 9.17) is 10.5 Å². The zero-order chi connectivity index (χ0) is 13.5. The van der Waals surface area contributed by atoms with Crippen LogP contribution in [0.2, 0.25) is 0 Å². The summed E-state index contributed by atoms with van der Waals surface area (Å²) in [5.41, 5.74) is 7.09. The molecule has 100 valence electrons. The van der Waals surface area contributed by atoms with Crippen molar-refractivity contribution in [3.63, 3.8) is 0 Å². The number of hydrogen-bond acceptors (Lipinski definition) is 3. The maximum Gasteiger partial charge on any atom is 0.119 e. The Bertz CT molecular complexity index is 487. The van der Waals surface area contributed by atoms with E-state index in [1.807, 2.05) is 42.5 Å². The van der Waals surface area contributed by atoms with Gasteiger partial charge in [-0.2, -0.15) is 0 Å². The third-order valence-corrected chi connectivity index (χ3v) is 3.23. The molecule has 2 N–H and O–H groups in total. The first-order valence-electron chi connectivity index (χ1n) is 6.28. The van der Waals surface area contributed by atoms with Crippen LogP contribution in [0.3, 0.4) is 0 Å². The van der Waals surface area contributed by atoms with Crippen molar-refractivity contribution >= 4 is 15.9 Å². The summed E-state index contributed by atoms with van der Waals surface area (Å²) in [5.74, 6) is 0.886. The second-order valence-electron chi connectivity index (χ2n) is 4.38. The third-order valence-electron chi connectivity index (χ3n) is 2.76. The molecule has 0 saturated heterocycles. The summed E-state index contributed by atoms with van der Waals surface area (Å²) in [6.45, 7) is 0.627. The lowest BCUT2D eigenvalue weighted by molar-refractivity contribution is 0.297. The molecule has 0 bridgehead atoms. The van der Waals surface area contributed by atoms with Gasteiger partial charge in [-0.05, 0) is 46.6 Å². The molecule has 0 radical (unpaired) electrons. The van der Waals surface area contributed by atoms with Crippen molar-refractivity contribution < 1.29 is 4.74 Å². The van der Waals surface area contributed by atoms with Crippen molar-refractivity contribution in [2.45, 2.75) is 18.9 Å². The fraction of sp³-hybridized carbons (Fsp3) is 0.267. The summed E-state index contributed by atoms with van der Waals surface area (Å²) < 4.78 is 6.61. The monoisotopic (exact) mass is 320 g/mol. The molecule has 0 aliphatic carbocycles. The molecule has 19 heavy (non-hydrogen) atoms. The number of nitrogens with two attached hydrogens (primary N) is 1. The van der Waals surface area contributed by atoms with Gasteiger partial charge in [0.05, 0.1) is 6.61 Å². The second-order valence-corrected chi connectivity index (χ2v) is 5.30. The van der Waals surface area contributed by atoms with E-state index >= 15 is 0 Å². The predicted molar refractivity (Wildman–Crippen MR) is 80.2 cm³/mol. The number of nitrogens with zero attached hydrogens (tertiary/aromatic N) is 1. The van der Waals surface area contributed by atoms with E-state index in [0.29, 0.717) is 6.61 Å². The molecule has 1 atom stereocenters. The molecule has 0 saturated carbocycles. The molecule has 2 aromatic rings. The number of hydrogen-bond donors (Lipinski definition) is 1. The summed E-state index contributed by atoms with van der Waals surface area (Å²) in [6, 6.07) is 13.8. The lowest BCUT2D eigenvalue weighted by Crippen LogP contribution is -2.25. The fourth-order valence-electron chi connectivity index (χ4n) is 1.74. The largest absolute Gasteiger partial charge is 0.494 e. The summed E-state index contributed by atoms with van der Waals surface area (Å²) in [5, 5.41) is 0. The molecule has 1 aromatic heterocycles. The number of halogens is 1. The normalized spacial score (nSPS) is 12.1. The van der Waals surface area contributed by atoms with Gasteiger partial charge >= 0.3 is 0 Å². The Kier molecular flexibility index (Phi) is 5.36. The number of pyridine rings is 1. The first kappa shape index (κ1) is 14.0. The SMILES string of the molecule is NC(CCOc1ccccc1)Cc1ccc(Br)cn1. The molecule has 0 spiro atoms. The highest BCUT2D eigenvalue weighted by Crippen LogP contribution is 2.11. The standard InChI is InChI=1S/C15H17BrN2O/c16-12-6-7-14(18-11-12)10-13(17)8-9-19-15-4-2-1-3-5-15/h1-7,11,13H,8-10,17H2. The number of para-hydroxylation sites is 1. The Morgan fingerprint density at radius 3 is 2.63 bits per heavy atom. The fourth-order valence-corrected chi connectivity index (χ4v) is 1.98. The van der Waals surface area contributed by atoms with E-state index in [2.05, 4.69) is 20.9 Å². The highest BCUT2D eigenvalue weighted by atomic mass is 79.9. The van der Waals surface area contributed by atoms with Crippen LogP contribution >= 0.6 is 15.9 Å². The van der Waals surface area contributed by atoms with Crippen LogP contribution in [0.4, 0.5) is 0 Å². The first-order valence-corrected chi connectivity index (χ1v) is 7.07. The summed E-state index contributed by atoms with van der Waals surface area (Å²) in [6.07, 6.45) is 3.38. The Labute approximate surface area is 121 Å².